The first-order chi connectivity index (χ1) is 15.1. The predicted octanol–water partition coefficient (Wildman–Crippen LogP) is 4.74. The Balaban J connectivity index is 1.89. The molecular weight excluding hydrogens is 450 g/mol. The summed E-state index contributed by atoms with van der Waals surface area (Å²) in [6.07, 6.45) is -0.721. The van der Waals surface area contributed by atoms with Gasteiger partial charge < -0.3 is 13.9 Å². The van der Waals surface area contributed by atoms with Gasteiger partial charge in [-0.2, -0.15) is 8.42 Å². The number of hydrogen-bond acceptors (Lipinski definition) is 7. The number of azide groups is 1. The summed E-state index contributed by atoms with van der Waals surface area (Å²) in [6, 6.07) is 10.7. The van der Waals surface area contributed by atoms with Gasteiger partial charge in [0.25, 0.3) is 10.1 Å². The molecule has 0 amide bonds. The zero-order chi connectivity index (χ0) is 23.4. The molecular formula is C21H27N3O6SSi. The maximum atomic E-state index is 12.7. The zero-order valence-corrected chi connectivity index (χ0v) is 20.3. The maximum Gasteiger partial charge on any atom is 0.296 e. The third-order valence-corrected chi connectivity index (χ3v) is 6.89. The number of fused-ring (bicyclic) bond motifs is 1. The summed E-state index contributed by atoms with van der Waals surface area (Å²) in [6.45, 7) is 8.37. The molecule has 172 valence electrons. The molecule has 0 unspecified atom stereocenters. The van der Waals surface area contributed by atoms with Crippen LogP contribution in [0.5, 0.6) is 11.5 Å². The molecule has 0 spiro atoms. The lowest BCUT2D eigenvalue weighted by Crippen LogP contribution is -2.35. The number of benzene rings is 2. The second kappa shape index (κ2) is 9.93. The van der Waals surface area contributed by atoms with Gasteiger partial charge in [-0.25, -0.2) is 0 Å². The molecule has 0 aliphatic carbocycles. The van der Waals surface area contributed by atoms with Crippen molar-refractivity contribution in [3.05, 3.63) is 64.0 Å². The molecule has 0 saturated carbocycles. The summed E-state index contributed by atoms with van der Waals surface area (Å²) in [7, 11) is -6.17. The van der Waals surface area contributed by atoms with Crippen molar-refractivity contribution >= 4 is 18.4 Å². The van der Waals surface area contributed by atoms with Gasteiger partial charge in [0.05, 0.1) is 23.6 Å². The fraction of sp³-hybridized carbons (Fsp3) is 0.429. The van der Waals surface area contributed by atoms with E-state index in [2.05, 4.69) is 10.0 Å². The Hall–Kier alpha value is -2.56. The topological polar surface area (TPSA) is 120 Å². The fourth-order valence-electron chi connectivity index (χ4n) is 3.17. The van der Waals surface area contributed by atoms with Crippen molar-refractivity contribution < 1.29 is 26.5 Å². The lowest BCUT2D eigenvalue weighted by Gasteiger charge is -2.31. The molecule has 0 saturated heterocycles. The van der Waals surface area contributed by atoms with E-state index in [-0.39, 0.29) is 11.5 Å². The Morgan fingerprint density at radius 1 is 1.09 bits per heavy atom. The molecule has 3 rings (SSSR count). The molecule has 0 aromatic heterocycles. The van der Waals surface area contributed by atoms with Crippen LogP contribution in [0.25, 0.3) is 10.4 Å². The van der Waals surface area contributed by atoms with E-state index in [1.165, 1.54) is 12.1 Å². The molecule has 9 nitrogen and oxygen atoms in total. The summed E-state index contributed by atoms with van der Waals surface area (Å²) in [5.41, 5.74) is 10.8. The van der Waals surface area contributed by atoms with Gasteiger partial charge >= 0.3 is 0 Å². The number of hydrogen-bond donors (Lipinski definition) is 0. The molecule has 32 heavy (non-hydrogen) atoms. The summed E-state index contributed by atoms with van der Waals surface area (Å²) in [5.74, 6) is 1.18. The van der Waals surface area contributed by atoms with Crippen LogP contribution in [0, 0.1) is 6.92 Å². The highest BCUT2D eigenvalue weighted by atomic mass is 32.2. The minimum Gasteiger partial charge on any atom is -0.486 e. The molecule has 1 heterocycles. The maximum absolute atomic E-state index is 12.7. The molecule has 0 bridgehead atoms. The van der Waals surface area contributed by atoms with Gasteiger partial charge in [-0.05, 0) is 61.9 Å². The molecule has 2 atom stereocenters. The van der Waals surface area contributed by atoms with Crippen molar-refractivity contribution in [1.29, 1.82) is 0 Å². The zero-order valence-electron chi connectivity index (χ0n) is 18.5. The molecule has 0 N–H and O–H groups in total. The van der Waals surface area contributed by atoms with Gasteiger partial charge in [0.15, 0.2) is 19.8 Å². The van der Waals surface area contributed by atoms with Gasteiger partial charge in [0.2, 0.25) is 0 Å². The van der Waals surface area contributed by atoms with Crippen molar-refractivity contribution in [2.45, 2.75) is 43.6 Å². The van der Waals surface area contributed by atoms with Gasteiger partial charge in [0, 0.05) is 4.91 Å². The molecule has 0 radical (unpaired) electrons. The average Bonchev–Trinajstić information content (AvgIpc) is 2.74. The second-order valence-corrected chi connectivity index (χ2v) is 14.5. The average molecular weight is 478 g/mol. The van der Waals surface area contributed by atoms with Crippen molar-refractivity contribution in [3.63, 3.8) is 0 Å². The SMILES string of the molecule is Cc1ccc(S(=O)(=O)OC[C@@H](N=[N+]=[N-])[C@H](O[Si](C)(C)C)c2ccc3c(c2)OCCO3)cc1. The minimum atomic E-state index is -4.04. The van der Waals surface area contributed by atoms with E-state index in [0.29, 0.717) is 30.3 Å². The van der Waals surface area contributed by atoms with Crippen LogP contribution in [0.4, 0.5) is 0 Å². The smallest absolute Gasteiger partial charge is 0.296 e. The highest BCUT2D eigenvalue weighted by Gasteiger charge is 2.32. The summed E-state index contributed by atoms with van der Waals surface area (Å²) in [4.78, 5) is 2.95. The first-order valence-corrected chi connectivity index (χ1v) is 15.0. The van der Waals surface area contributed by atoms with Crippen molar-refractivity contribution in [2.24, 2.45) is 5.11 Å². The summed E-state index contributed by atoms with van der Waals surface area (Å²) < 4.78 is 48.2. The lowest BCUT2D eigenvalue weighted by atomic mass is 10.0. The van der Waals surface area contributed by atoms with Crippen LogP contribution in [0.15, 0.2) is 52.5 Å². The van der Waals surface area contributed by atoms with E-state index in [9.17, 15) is 8.42 Å². The standard InChI is InChI=1S/C21H27N3O6SSi/c1-15-5-8-17(9-6-15)31(25,26)29-14-18(23-24-22)21(30-32(2,3)4)16-7-10-19-20(13-16)28-12-11-27-19/h5-10,13,18,21H,11-12,14H2,1-4H3/t18-,21-/m1/s1. The predicted molar refractivity (Wildman–Crippen MR) is 122 cm³/mol. The number of ether oxygens (including phenoxy) is 2. The highest BCUT2D eigenvalue weighted by molar-refractivity contribution is 7.86. The molecule has 0 fully saturated rings. The fourth-order valence-corrected chi connectivity index (χ4v) is 5.15. The van der Waals surface area contributed by atoms with Crippen LogP contribution >= 0.6 is 0 Å². The Labute approximate surface area is 189 Å². The minimum absolute atomic E-state index is 0.0322. The van der Waals surface area contributed by atoms with Crippen LogP contribution in [-0.4, -0.2) is 42.6 Å². The quantitative estimate of drug-likeness (QED) is 0.169. The first-order valence-electron chi connectivity index (χ1n) is 10.2. The van der Waals surface area contributed by atoms with Crippen molar-refractivity contribution in [1.82, 2.24) is 0 Å². The van der Waals surface area contributed by atoms with Crippen molar-refractivity contribution in [2.75, 3.05) is 19.8 Å². The number of rotatable bonds is 9. The molecule has 11 heteroatoms. The van der Waals surface area contributed by atoms with Crippen LogP contribution in [-0.2, 0) is 18.7 Å². The normalized spacial score (nSPS) is 15.5. The Morgan fingerprint density at radius 3 is 2.38 bits per heavy atom. The molecule has 2 aromatic rings. The van der Waals surface area contributed by atoms with E-state index < -0.39 is 30.6 Å². The van der Waals surface area contributed by atoms with E-state index in [1.807, 2.05) is 26.6 Å². The Kier molecular flexibility index (Phi) is 7.47. The van der Waals surface area contributed by atoms with E-state index in [1.54, 1.807) is 30.3 Å². The largest absolute Gasteiger partial charge is 0.486 e. The third kappa shape index (κ3) is 6.24. The number of nitrogens with zero attached hydrogens (tertiary/aromatic N) is 3. The van der Waals surface area contributed by atoms with Crippen molar-refractivity contribution in [3.8, 4) is 11.5 Å². The Bertz CT molecular complexity index is 1100. The van der Waals surface area contributed by atoms with Crippen LogP contribution in [0.3, 0.4) is 0 Å². The molecule has 1 aliphatic heterocycles. The van der Waals surface area contributed by atoms with Gasteiger partial charge in [-0.15, -0.1) is 0 Å². The molecule has 1 aliphatic rings. The van der Waals surface area contributed by atoms with Crippen LogP contribution in [0.2, 0.25) is 19.6 Å². The highest BCUT2D eigenvalue weighted by Crippen LogP contribution is 2.36. The lowest BCUT2D eigenvalue weighted by molar-refractivity contribution is 0.132. The van der Waals surface area contributed by atoms with E-state index in [0.717, 1.165) is 5.56 Å². The molecule has 2 aromatic carbocycles. The van der Waals surface area contributed by atoms with Crippen LogP contribution < -0.4 is 9.47 Å². The van der Waals surface area contributed by atoms with Gasteiger partial charge in [0.1, 0.15) is 13.2 Å². The van der Waals surface area contributed by atoms with E-state index >= 15 is 0 Å². The monoisotopic (exact) mass is 477 g/mol. The summed E-state index contributed by atoms with van der Waals surface area (Å²) >= 11 is 0. The number of aryl methyl sites for hydroxylation is 1. The first kappa shape index (κ1) is 24.1. The van der Waals surface area contributed by atoms with E-state index in [4.69, 9.17) is 23.6 Å². The van der Waals surface area contributed by atoms with Gasteiger partial charge in [-0.1, -0.05) is 28.9 Å². The summed E-state index contributed by atoms with van der Waals surface area (Å²) in [5, 5.41) is 3.82. The van der Waals surface area contributed by atoms with Gasteiger partial charge in [-0.3, -0.25) is 4.18 Å². The second-order valence-electron chi connectivity index (χ2n) is 8.38. The third-order valence-electron chi connectivity index (χ3n) is 4.63. The Morgan fingerprint density at radius 2 is 1.75 bits per heavy atom. The van der Waals surface area contributed by atoms with Crippen LogP contribution in [0.1, 0.15) is 17.2 Å².